The highest BCUT2D eigenvalue weighted by Gasteiger charge is 2.52. The highest BCUT2D eigenvalue weighted by Crippen LogP contribution is 2.59. The molecular formula is C27H30BrNO2S. The van der Waals surface area contributed by atoms with Crippen LogP contribution >= 0.6 is 27.7 Å². The zero-order valence-corrected chi connectivity index (χ0v) is 20.7. The van der Waals surface area contributed by atoms with Crippen LogP contribution in [0.2, 0.25) is 0 Å². The molecule has 0 heterocycles. The lowest BCUT2D eigenvalue weighted by atomic mass is 9.89. The highest BCUT2D eigenvalue weighted by atomic mass is 79.9. The summed E-state index contributed by atoms with van der Waals surface area (Å²) >= 11 is 5.47. The maximum atomic E-state index is 13.3. The molecular weight excluding hydrogens is 482 g/mol. The molecule has 0 saturated heterocycles. The van der Waals surface area contributed by atoms with Gasteiger partial charge in [-0.05, 0) is 72.2 Å². The summed E-state index contributed by atoms with van der Waals surface area (Å²) < 4.78 is 0.995. The minimum Gasteiger partial charge on any atom is -0.352 e. The molecule has 0 radical (unpaired) electrons. The van der Waals surface area contributed by atoms with Gasteiger partial charge in [-0.15, -0.1) is 11.8 Å². The third-order valence-corrected chi connectivity index (χ3v) is 8.90. The van der Waals surface area contributed by atoms with E-state index in [1.54, 1.807) is 0 Å². The summed E-state index contributed by atoms with van der Waals surface area (Å²) in [6, 6.07) is 18.2. The molecule has 2 aliphatic rings. The van der Waals surface area contributed by atoms with Gasteiger partial charge in [0.1, 0.15) is 5.78 Å². The van der Waals surface area contributed by atoms with Crippen molar-refractivity contribution in [2.45, 2.75) is 67.6 Å². The molecule has 2 aromatic carbocycles. The number of carbonyl (C=O) groups excluding carboxylic acids is 2. The minimum atomic E-state index is -0.0836. The average molecular weight is 513 g/mol. The van der Waals surface area contributed by atoms with Gasteiger partial charge in [0.15, 0.2) is 0 Å². The Labute approximate surface area is 203 Å². The SMILES string of the molecule is O=C(CCC(C(=O)CCC=C1CC1)C1(Sc2ccccc2Br)CC1)NCc1ccccc1. The molecule has 5 heteroatoms. The van der Waals surface area contributed by atoms with E-state index >= 15 is 0 Å². The zero-order chi connectivity index (χ0) is 22.4. The van der Waals surface area contributed by atoms with Crippen LogP contribution in [0.25, 0.3) is 0 Å². The van der Waals surface area contributed by atoms with Crippen LogP contribution < -0.4 is 5.32 Å². The van der Waals surface area contributed by atoms with Crippen molar-refractivity contribution >= 4 is 39.4 Å². The fourth-order valence-corrected chi connectivity index (χ4v) is 6.11. The fourth-order valence-electron chi connectivity index (χ4n) is 4.14. The number of amides is 1. The first-order chi connectivity index (χ1) is 15.6. The Bertz CT molecular complexity index is 978. The maximum Gasteiger partial charge on any atom is 0.220 e. The van der Waals surface area contributed by atoms with E-state index in [1.807, 2.05) is 60.3 Å². The van der Waals surface area contributed by atoms with E-state index in [0.717, 1.165) is 29.3 Å². The second-order valence-corrected chi connectivity index (χ2v) is 11.1. The summed E-state index contributed by atoms with van der Waals surface area (Å²) in [4.78, 5) is 27.1. The van der Waals surface area contributed by atoms with Crippen molar-refractivity contribution in [3.8, 4) is 0 Å². The summed E-state index contributed by atoms with van der Waals surface area (Å²) in [5, 5.41) is 3.02. The molecule has 2 aliphatic carbocycles. The van der Waals surface area contributed by atoms with Crippen LogP contribution in [-0.4, -0.2) is 16.4 Å². The standard InChI is InChI=1S/C27H30BrNO2S/c28-23-10-4-5-12-25(23)32-27(17-18-27)22(24(30)11-6-9-20-13-14-20)15-16-26(31)29-19-21-7-2-1-3-8-21/h1-5,7-10,12,22H,6,11,13-19H2,(H,29,31). The van der Waals surface area contributed by atoms with Gasteiger partial charge in [0.05, 0.1) is 0 Å². The van der Waals surface area contributed by atoms with Gasteiger partial charge in [0, 0.05) is 39.4 Å². The van der Waals surface area contributed by atoms with Gasteiger partial charge in [-0.3, -0.25) is 9.59 Å². The number of halogens is 1. The number of Topliss-reactive ketones (excluding diaryl/α,β-unsaturated/α-hetero) is 1. The van der Waals surface area contributed by atoms with E-state index in [0.29, 0.717) is 31.6 Å². The van der Waals surface area contributed by atoms with E-state index in [2.05, 4.69) is 33.4 Å². The van der Waals surface area contributed by atoms with Crippen molar-refractivity contribution in [2.24, 2.45) is 5.92 Å². The Balaban J connectivity index is 1.39. The van der Waals surface area contributed by atoms with Crippen LogP contribution in [0.5, 0.6) is 0 Å². The molecule has 0 bridgehead atoms. The Morgan fingerprint density at radius 2 is 1.75 bits per heavy atom. The van der Waals surface area contributed by atoms with Crippen LogP contribution in [0, 0.1) is 5.92 Å². The van der Waals surface area contributed by atoms with E-state index in [4.69, 9.17) is 0 Å². The number of hydrogen-bond donors (Lipinski definition) is 1. The van der Waals surface area contributed by atoms with Crippen molar-refractivity contribution in [3.63, 3.8) is 0 Å². The Morgan fingerprint density at radius 1 is 1.03 bits per heavy atom. The van der Waals surface area contributed by atoms with Crippen LogP contribution in [-0.2, 0) is 16.1 Å². The Kier molecular flexibility index (Phi) is 7.90. The van der Waals surface area contributed by atoms with Crippen molar-refractivity contribution in [1.29, 1.82) is 0 Å². The van der Waals surface area contributed by atoms with Gasteiger partial charge in [-0.1, -0.05) is 54.1 Å². The van der Waals surface area contributed by atoms with E-state index in [-0.39, 0.29) is 16.6 Å². The number of rotatable bonds is 12. The number of hydrogen-bond acceptors (Lipinski definition) is 3. The summed E-state index contributed by atoms with van der Waals surface area (Å²) in [6.07, 6.45) is 9.11. The summed E-state index contributed by atoms with van der Waals surface area (Å²) in [6.45, 7) is 0.530. The maximum absolute atomic E-state index is 13.3. The van der Waals surface area contributed by atoms with Crippen LogP contribution in [0.4, 0.5) is 0 Å². The molecule has 1 amide bonds. The fraction of sp³-hybridized carbons (Fsp3) is 0.407. The summed E-state index contributed by atoms with van der Waals surface area (Å²) in [5.74, 6) is 0.253. The van der Waals surface area contributed by atoms with Crippen LogP contribution in [0.15, 0.2) is 75.6 Å². The number of carbonyl (C=O) groups is 2. The molecule has 0 spiro atoms. The molecule has 0 aromatic heterocycles. The van der Waals surface area contributed by atoms with Crippen LogP contribution in [0.1, 0.15) is 56.9 Å². The van der Waals surface area contributed by atoms with Gasteiger partial charge >= 0.3 is 0 Å². The highest BCUT2D eigenvalue weighted by molar-refractivity contribution is 9.10. The first kappa shape index (κ1) is 23.3. The summed E-state index contributed by atoms with van der Waals surface area (Å²) in [5.41, 5.74) is 2.57. The van der Waals surface area contributed by atoms with Gasteiger partial charge in [0.2, 0.25) is 5.91 Å². The number of ketones is 1. The lowest BCUT2D eigenvalue weighted by molar-refractivity contribution is -0.124. The molecule has 2 saturated carbocycles. The van der Waals surface area contributed by atoms with Crippen molar-refractivity contribution in [2.75, 3.05) is 0 Å². The predicted octanol–water partition coefficient (Wildman–Crippen LogP) is 6.86. The second-order valence-electron chi connectivity index (χ2n) is 8.82. The normalized spacial score (nSPS) is 16.8. The molecule has 3 nitrogen and oxygen atoms in total. The molecule has 0 aliphatic heterocycles. The molecule has 1 atom stereocenters. The first-order valence-electron chi connectivity index (χ1n) is 11.5. The number of nitrogens with one attached hydrogen (secondary N) is 1. The average Bonchev–Trinajstić information content (AvgIpc) is 3.72. The lowest BCUT2D eigenvalue weighted by Gasteiger charge is -2.26. The van der Waals surface area contributed by atoms with Crippen LogP contribution in [0.3, 0.4) is 0 Å². The van der Waals surface area contributed by atoms with Crippen molar-refractivity contribution < 1.29 is 9.59 Å². The molecule has 4 rings (SSSR count). The largest absolute Gasteiger partial charge is 0.352 e. The number of benzene rings is 2. The molecule has 2 fully saturated rings. The van der Waals surface area contributed by atoms with Crippen molar-refractivity contribution in [1.82, 2.24) is 5.32 Å². The smallest absolute Gasteiger partial charge is 0.220 e. The number of thioether (sulfide) groups is 1. The first-order valence-corrected chi connectivity index (χ1v) is 13.1. The van der Waals surface area contributed by atoms with Gasteiger partial charge in [-0.25, -0.2) is 0 Å². The lowest BCUT2D eigenvalue weighted by Crippen LogP contribution is -2.30. The topological polar surface area (TPSA) is 46.2 Å². The van der Waals surface area contributed by atoms with Gasteiger partial charge < -0.3 is 5.32 Å². The Hall–Kier alpha value is -1.85. The molecule has 1 N–H and O–H groups in total. The summed E-state index contributed by atoms with van der Waals surface area (Å²) in [7, 11) is 0. The minimum absolute atomic E-state index is 0.0217. The van der Waals surface area contributed by atoms with E-state index in [9.17, 15) is 9.59 Å². The molecule has 32 heavy (non-hydrogen) atoms. The predicted molar refractivity (Wildman–Crippen MR) is 135 cm³/mol. The molecule has 2 aromatic rings. The van der Waals surface area contributed by atoms with E-state index < -0.39 is 0 Å². The second kappa shape index (κ2) is 10.8. The number of allylic oxidation sites excluding steroid dienone is 2. The molecule has 168 valence electrons. The quantitative estimate of drug-likeness (QED) is 0.316. The zero-order valence-electron chi connectivity index (χ0n) is 18.3. The third-order valence-electron chi connectivity index (χ3n) is 6.27. The van der Waals surface area contributed by atoms with Gasteiger partial charge in [-0.2, -0.15) is 0 Å². The van der Waals surface area contributed by atoms with E-state index in [1.165, 1.54) is 23.3 Å². The van der Waals surface area contributed by atoms with Crippen molar-refractivity contribution in [3.05, 3.63) is 76.3 Å². The third kappa shape index (κ3) is 6.58. The Morgan fingerprint density at radius 3 is 2.44 bits per heavy atom. The molecule has 1 unspecified atom stereocenters. The monoisotopic (exact) mass is 511 g/mol. The van der Waals surface area contributed by atoms with Gasteiger partial charge in [0.25, 0.3) is 0 Å².